The van der Waals surface area contributed by atoms with Crippen LogP contribution in [0.15, 0.2) is 78.9 Å². The molecule has 0 fully saturated rings. The Morgan fingerprint density at radius 3 is 2.13 bits per heavy atom. The van der Waals surface area contributed by atoms with Crippen LogP contribution in [0.4, 0.5) is 5.69 Å². The highest BCUT2D eigenvalue weighted by atomic mass is 127. The minimum atomic E-state index is -3.78. The van der Waals surface area contributed by atoms with Crippen molar-refractivity contribution < 1.29 is 18.0 Å². The van der Waals surface area contributed by atoms with Crippen molar-refractivity contribution in [2.24, 2.45) is 5.92 Å². The van der Waals surface area contributed by atoms with E-state index in [1.54, 1.807) is 24.3 Å². The second-order valence-corrected chi connectivity index (χ2v) is 13.2. The topological polar surface area (TPSA) is 86.8 Å². The number of aryl methyl sites for hydroxylation is 1. The van der Waals surface area contributed by atoms with E-state index in [-0.39, 0.29) is 18.4 Å². The summed E-state index contributed by atoms with van der Waals surface area (Å²) in [4.78, 5) is 29.2. The normalized spacial score (nSPS) is 12.2. The molecule has 3 rings (SSSR count). The van der Waals surface area contributed by atoms with Gasteiger partial charge in [-0.3, -0.25) is 13.9 Å². The Balaban J connectivity index is 2.05. The smallest absolute Gasteiger partial charge is 0.244 e. The van der Waals surface area contributed by atoms with Crippen molar-refractivity contribution >= 4 is 50.1 Å². The zero-order valence-corrected chi connectivity index (χ0v) is 25.8. The number of halogens is 1. The predicted molar refractivity (Wildman–Crippen MR) is 165 cm³/mol. The molecule has 0 bridgehead atoms. The third-order valence-corrected chi connectivity index (χ3v) is 8.21. The fourth-order valence-corrected chi connectivity index (χ4v) is 5.38. The summed E-state index contributed by atoms with van der Waals surface area (Å²) in [5.74, 6) is -0.494. The zero-order valence-electron chi connectivity index (χ0n) is 22.8. The van der Waals surface area contributed by atoms with Crippen LogP contribution >= 0.6 is 22.6 Å². The highest BCUT2D eigenvalue weighted by Crippen LogP contribution is 2.22. The predicted octanol–water partition coefficient (Wildman–Crippen LogP) is 4.78. The number of rotatable bonds is 12. The van der Waals surface area contributed by atoms with Gasteiger partial charge in [0.25, 0.3) is 0 Å². The number of carbonyl (C=O) groups excluding carboxylic acids is 2. The van der Waals surface area contributed by atoms with Gasteiger partial charge in [0.2, 0.25) is 21.8 Å². The molecule has 0 saturated heterocycles. The number of amides is 2. The van der Waals surface area contributed by atoms with Crippen LogP contribution < -0.4 is 9.62 Å². The minimum absolute atomic E-state index is 0.169. The van der Waals surface area contributed by atoms with Crippen molar-refractivity contribution in [3.05, 3.63) is 99.1 Å². The van der Waals surface area contributed by atoms with Gasteiger partial charge in [-0.15, -0.1) is 0 Å². The Morgan fingerprint density at radius 2 is 1.54 bits per heavy atom. The van der Waals surface area contributed by atoms with Gasteiger partial charge in [0, 0.05) is 23.1 Å². The average molecular weight is 662 g/mol. The molecule has 0 aromatic heterocycles. The van der Waals surface area contributed by atoms with E-state index < -0.39 is 28.5 Å². The molecule has 0 aliphatic rings. The molecular formula is C30H36IN3O4S. The van der Waals surface area contributed by atoms with Crippen LogP contribution in [-0.2, 0) is 32.6 Å². The van der Waals surface area contributed by atoms with Gasteiger partial charge in [-0.05, 0) is 76.4 Å². The van der Waals surface area contributed by atoms with Gasteiger partial charge in [-0.1, -0.05) is 68.4 Å². The fourth-order valence-electron chi connectivity index (χ4n) is 4.17. The lowest BCUT2D eigenvalue weighted by Crippen LogP contribution is -2.53. The van der Waals surface area contributed by atoms with E-state index in [1.165, 1.54) is 4.90 Å². The molecule has 0 radical (unpaired) electrons. The van der Waals surface area contributed by atoms with Crippen molar-refractivity contribution in [2.75, 3.05) is 23.7 Å². The van der Waals surface area contributed by atoms with Gasteiger partial charge in [-0.2, -0.15) is 0 Å². The zero-order chi connectivity index (χ0) is 28.6. The second kappa shape index (κ2) is 13.9. The van der Waals surface area contributed by atoms with E-state index in [1.807, 2.05) is 75.4 Å². The Morgan fingerprint density at radius 1 is 0.923 bits per heavy atom. The highest BCUT2D eigenvalue weighted by molar-refractivity contribution is 14.1. The van der Waals surface area contributed by atoms with Crippen molar-refractivity contribution in [1.29, 1.82) is 0 Å². The van der Waals surface area contributed by atoms with Crippen LogP contribution in [0, 0.1) is 16.4 Å². The fraction of sp³-hybridized carbons (Fsp3) is 0.333. The van der Waals surface area contributed by atoms with E-state index >= 15 is 0 Å². The first-order valence-electron chi connectivity index (χ1n) is 12.8. The molecule has 3 aromatic carbocycles. The lowest BCUT2D eigenvalue weighted by atomic mass is 10.0. The Labute approximate surface area is 245 Å². The minimum Gasteiger partial charge on any atom is -0.354 e. The summed E-state index contributed by atoms with van der Waals surface area (Å²) in [6, 6.07) is 23.3. The van der Waals surface area contributed by atoms with Crippen LogP contribution in [0.2, 0.25) is 0 Å². The number of hydrogen-bond acceptors (Lipinski definition) is 4. The summed E-state index contributed by atoms with van der Waals surface area (Å²) in [5.41, 5.74) is 3.17. The quantitative estimate of drug-likeness (QED) is 0.284. The van der Waals surface area contributed by atoms with Crippen LogP contribution in [0.25, 0.3) is 0 Å². The summed E-state index contributed by atoms with van der Waals surface area (Å²) in [5, 5.41) is 2.99. The van der Waals surface area contributed by atoms with Crippen molar-refractivity contribution in [3.8, 4) is 0 Å². The Hall–Kier alpha value is -2.92. The summed E-state index contributed by atoms with van der Waals surface area (Å²) in [7, 11) is -3.78. The molecule has 0 heterocycles. The summed E-state index contributed by atoms with van der Waals surface area (Å²) >= 11 is 2.14. The maximum Gasteiger partial charge on any atom is 0.244 e. The number of sulfonamides is 1. The molecule has 0 aliphatic carbocycles. The molecule has 39 heavy (non-hydrogen) atoms. The van der Waals surface area contributed by atoms with E-state index in [2.05, 4.69) is 27.9 Å². The number of anilines is 1. The molecule has 1 N–H and O–H groups in total. The summed E-state index contributed by atoms with van der Waals surface area (Å²) < 4.78 is 27.7. The monoisotopic (exact) mass is 661 g/mol. The number of nitrogens with one attached hydrogen (secondary N) is 1. The van der Waals surface area contributed by atoms with E-state index in [9.17, 15) is 18.0 Å². The standard InChI is InChI=1S/C30H36IN3O4S/c1-22(2)19-32-30(36)28(18-24-11-6-5-7-12-24)33(20-25-13-9-8-10-23(25)3)29(35)21-34(39(4,37)38)27-16-14-26(31)15-17-27/h5-17,22,28H,18-21H2,1-4H3,(H,32,36)/t28-/m1/s1. The van der Waals surface area contributed by atoms with Gasteiger partial charge < -0.3 is 10.2 Å². The maximum atomic E-state index is 14.1. The molecule has 0 saturated carbocycles. The SMILES string of the molecule is Cc1ccccc1CN(C(=O)CN(c1ccc(I)cc1)S(C)(=O)=O)[C@H](Cc1ccccc1)C(=O)NCC(C)C. The highest BCUT2D eigenvalue weighted by Gasteiger charge is 2.33. The number of hydrogen-bond donors (Lipinski definition) is 1. The largest absolute Gasteiger partial charge is 0.354 e. The molecular weight excluding hydrogens is 625 g/mol. The molecule has 9 heteroatoms. The van der Waals surface area contributed by atoms with Gasteiger partial charge in [-0.25, -0.2) is 8.42 Å². The van der Waals surface area contributed by atoms with E-state index in [0.717, 1.165) is 30.8 Å². The van der Waals surface area contributed by atoms with Crippen molar-refractivity contribution in [2.45, 2.75) is 39.8 Å². The van der Waals surface area contributed by atoms with Crippen LogP contribution in [-0.4, -0.2) is 50.5 Å². The first-order chi connectivity index (χ1) is 18.5. The number of benzene rings is 3. The summed E-state index contributed by atoms with van der Waals surface area (Å²) in [6.07, 6.45) is 1.38. The first-order valence-corrected chi connectivity index (χ1v) is 15.8. The lowest BCUT2D eigenvalue weighted by molar-refractivity contribution is -0.140. The average Bonchev–Trinajstić information content (AvgIpc) is 2.89. The van der Waals surface area contributed by atoms with Gasteiger partial charge >= 0.3 is 0 Å². The Kier molecular flexibility index (Phi) is 10.9. The Bertz CT molecular complexity index is 1360. The molecule has 2 amide bonds. The van der Waals surface area contributed by atoms with Gasteiger partial charge in [0.05, 0.1) is 11.9 Å². The van der Waals surface area contributed by atoms with E-state index in [4.69, 9.17) is 0 Å². The van der Waals surface area contributed by atoms with Crippen molar-refractivity contribution in [1.82, 2.24) is 10.2 Å². The van der Waals surface area contributed by atoms with Crippen molar-refractivity contribution in [3.63, 3.8) is 0 Å². The number of nitrogens with zero attached hydrogens (tertiary/aromatic N) is 2. The molecule has 0 unspecified atom stereocenters. The van der Waals surface area contributed by atoms with Gasteiger partial charge in [0.15, 0.2) is 0 Å². The lowest BCUT2D eigenvalue weighted by Gasteiger charge is -2.34. The van der Waals surface area contributed by atoms with E-state index in [0.29, 0.717) is 18.7 Å². The second-order valence-electron chi connectivity index (χ2n) is 10.0. The third-order valence-electron chi connectivity index (χ3n) is 6.35. The molecule has 0 aliphatic heterocycles. The number of carbonyl (C=O) groups is 2. The molecule has 0 spiro atoms. The van der Waals surface area contributed by atoms with Gasteiger partial charge in [0.1, 0.15) is 12.6 Å². The van der Waals surface area contributed by atoms with Crippen LogP contribution in [0.3, 0.4) is 0 Å². The third kappa shape index (κ3) is 9.06. The molecule has 208 valence electrons. The van der Waals surface area contributed by atoms with Crippen LogP contribution in [0.5, 0.6) is 0 Å². The summed E-state index contributed by atoms with van der Waals surface area (Å²) in [6.45, 7) is 6.18. The maximum absolute atomic E-state index is 14.1. The first kappa shape index (κ1) is 30.6. The molecule has 7 nitrogen and oxygen atoms in total. The molecule has 3 aromatic rings. The van der Waals surface area contributed by atoms with Crippen LogP contribution in [0.1, 0.15) is 30.5 Å². The molecule has 1 atom stereocenters.